The number of benzene rings is 1. The minimum absolute atomic E-state index is 0. The van der Waals surface area contributed by atoms with Crippen LogP contribution in [-0.4, -0.2) is 19.0 Å². The maximum atomic E-state index is 12.7. The maximum Gasteiger partial charge on any atom is 0.188 e. The van der Waals surface area contributed by atoms with Gasteiger partial charge in [0.1, 0.15) is 5.82 Å². The molecule has 1 heterocycles. The third-order valence-corrected chi connectivity index (χ3v) is 3.79. The van der Waals surface area contributed by atoms with Gasteiger partial charge in [0.25, 0.3) is 0 Å². The van der Waals surface area contributed by atoms with Gasteiger partial charge in [0.15, 0.2) is 5.96 Å². The van der Waals surface area contributed by atoms with Gasteiger partial charge in [0, 0.05) is 24.4 Å². The van der Waals surface area contributed by atoms with Gasteiger partial charge in [-0.05, 0) is 35.6 Å². The van der Waals surface area contributed by atoms with Crippen LogP contribution in [0.5, 0.6) is 0 Å². The van der Waals surface area contributed by atoms with E-state index in [1.54, 1.807) is 23.5 Å². The van der Waals surface area contributed by atoms with Crippen LogP contribution in [0.1, 0.15) is 10.4 Å². The second kappa shape index (κ2) is 9.73. The lowest BCUT2D eigenvalue weighted by molar-refractivity contribution is 0.627. The minimum Gasteiger partial charge on any atom is -0.370 e. The normalized spacial score (nSPS) is 11.0. The van der Waals surface area contributed by atoms with Crippen molar-refractivity contribution in [3.63, 3.8) is 0 Å². The number of aliphatic imine (C=N–C) groups is 1. The van der Waals surface area contributed by atoms with Crippen LogP contribution >= 0.6 is 35.3 Å². The first kappa shape index (κ1) is 17.9. The van der Waals surface area contributed by atoms with Crippen LogP contribution < -0.4 is 11.1 Å². The van der Waals surface area contributed by atoms with Gasteiger partial charge in [-0.2, -0.15) is 0 Å². The first-order valence-electron chi connectivity index (χ1n) is 6.54. The molecule has 2 rings (SSSR count). The summed E-state index contributed by atoms with van der Waals surface area (Å²) in [6.07, 6.45) is 1.71. The lowest BCUT2D eigenvalue weighted by Gasteiger charge is -2.05. The Morgan fingerprint density at radius 2 is 1.95 bits per heavy atom. The van der Waals surface area contributed by atoms with Gasteiger partial charge in [-0.15, -0.1) is 35.3 Å². The summed E-state index contributed by atoms with van der Waals surface area (Å²) in [7, 11) is 0. The first-order valence-corrected chi connectivity index (χ1v) is 7.42. The third kappa shape index (κ3) is 6.90. The fourth-order valence-electron chi connectivity index (χ4n) is 1.78. The Balaban J connectivity index is 0.00000220. The van der Waals surface area contributed by atoms with E-state index in [4.69, 9.17) is 5.73 Å². The zero-order valence-corrected chi connectivity index (χ0v) is 14.7. The van der Waals surface area contributed by atoms with Gasteiger partial charge >= 0.3 is 0 Å². The smallest absolute Gasteiger partial charge is 0.188 e. The molecule has 114 valence electrons. The molecule has 1 aromatic heterocycles. The molecule has 0 saturated carbocycles. The summed E-state index contributed by atoms with van der Waals surface area (Å²) in [6.45, 7) is 1.38. The Kier molecular flexibility index (Phi) is 8.29. The lowest BCUT2D eigenvalue weighted by atomic mass is 10.1. The molecular weight excluding hydrogens is 400 g/mol. The second-order valence-electron chi connectivity index (χ2n) is 4.40. The van der Waals surface area contributed by atoms with Crippen LogP contribution in [0.25, 0.3) is 0 Å². The highest BCUT2D eigenvalue weighted by Crippen LogP contribution is 2.08. The molecule has 6 heteroatoms. The quantitative estimate of drug-likeness (QED) is 0.429. The van der Waals surface area contributed by atoms with Crippen LogP contribution in [0.2, 0.25) is 0 Å². The van der Waals surface area contributed by atoms with E-state index in [1.807, 2.05) is 6.07 Å². The van der Waals surface area contributed by atoms with Gasteiger partial charge < -0.3 is 11.1 Å². The highest BCUT2D eigenvalue weighted by molar-refractivity contribution is 14.0. The average Bonchev–Trinajstić information content (AvgIpc) is 2.94. The fourth-order valence-corrected chi connectivity index (χ4v) is 2.48. The fraction of sp³-hybridized carbons (Fsp3) is 0.267. The van der Waals surface area contributed by atoms with Crippen molar-refractivity contribution in [2.75, 3.05) is 13.1 Å². The Labute approximate surface area is 145 Å². The van der Waals surface area contributed by atoms with Crippen molar-refractivity contribution in [1.29, 1.82) is 0 Å². The van der Waals surface area contributed by atoms with Crippen molar-refractivity contribution in [3.8, 4) is 0 Å². The summed E-state index contributed by atoms with van der Waals surface area (Å²) in [5.74, 6) is 0.250. The molecule has 0 atom stereocenters. The molecule has 0 unspecified atom stereocenters. The average molecular weight is 419 g/mol. The molecule has 0 radical (unpaired) electrons. The molecule has 0 aliphatic heterocycles. The van der Waals surface area contributed by atoms with Crippen LogP contribution in [-0.2, 0) is 12.8 Å². The standard InChI is InChI=1S/C15H18FN3S.HI/c16-13-5-3-12(4-6-13)7-9-18-15(17)19-10-8-14-2-1-11-20-14;/h1-6,11H,7-10H2,(H3,17,18,19);1H. The molecule has 0 saturated heterocycles. The monoisotopic (exact) mass is 419 g/mol. The van der Waals surface area contributed by atoms with E-state index in [9.17, 15) is 4.39 Å². The number of thiophene rings is 1. The van der Waals surface area contributed by atoms with Crippen molar-refractivity contribution in [3.05, 3.63) is 58.0 Å². The third-order valence-electron chi connectivity index (χ3n) is 2.85. The maximum absolute atomic E-state index is 12.7. The van der Waals surface area contributed by atoms with Gasteiger partial charge in [-0.3, -0.25) is 4.99 Å². The van der Waals surface area contributed by atoms with Gasteiger partial charge in [-0.25, -0.2) is 4.39 Å². The van der Waals surface area contributed by atoms with Gasteiger partial charge in [0.2, 0.25) is 0 Å². The molecule has 0 aliphatic rings. The van der Waals surface area contributed by atoms with Gasteiger partial charge in [0.05, 0.1) is 0 Å². The number of nitrogens with zero attached hydrogens (tertiary/aromatic N) is 1. The number of hydrogen-bond donors (Lipinski definition) is 2. The summed E-state index contributed by atoms with van der Waals surface area (Å²) in [5.41, 5.74) is 6.86. The first-order chi connectivity index (χ1) is 9.74. The topological polar surface area (TPSA) is 50.4 Å². The molecule has 0 aliphatic carbocycles. The summed E-state index contributed by atoms with van der Waals surface area (Å²) >= 11 is 1.73. The number of hydrogen-bond acceptors (Lipinski definition) is 2. The van der Waals surface area contributed by atoms with E-state index in [-0.39, 0.29) is 29.8 Å². The summed E-state index contributed by atoms with van der Waals surface area (Å²) in [5, 5.41) is 5.12. The van der Waals surface area contributed by atoms with Crippen LogP contribution in [0.4, 0.5) is 4.39 Å². The molecule has 0 amide bonds. The van der Waals surface area contributed by atoms with Crippen LogP contribution in [0.3, 0.4) is 0 Å². The summed E-state index contributed by atoms with van der Waals surface area (Å²) in [4.78, 5) is 5.59. The number of nitrogens with two attached hydrogens (primary N) is 1. The molecule has 2 aromatic rings. The Morgan fingerprint density at radius 1 is 1.19 bits per heavy atom. The highest BCUT2D eigenvalue weighted by atomic mass is 127. The Hall–Kier alpha value is -1.15. The van der Waals surface area contributed by atoms with E-state index < -0.39 is 0 Å². The second-order valence-corrected chi connectivity index (χ2v) is 5.43. The number of halogens is 2. The zero-order chi connectivity index (χ0) is 14.2. The lowest BCUT2D eigenvalue weighted by Crippen LogP contribution is -2.33. The van der Waals surface area contributed by atoms with Crippen molar-refractivity contribution in [2.24, 2.45) is 10.7 Å². The van der Waals surface area contributed by atoms with Crippen LogP contribution in [0.15, 0.2) is 46.8 Å². The molecule has 0 fully saturated rings. The van der Waals surface area contributed by atoms with Crippen molar-refractivity contribution >= 4 is 41.3 Å². The molecule has 0 spiro atoms. The van der Waals surface area contributed by atoms with Crippen molar-refractivity contribution < 1.29 is 4.39 Å². The molecule has 1 aromatic carbocycles. The largest absolute Gasteiger partial charge is 0.370 e. The van der Waals surface area contributed by atoms with E-state index in [1.165, 1.54) is 17.0 Å². The predicted molar refractivity (Wildman–Crippen MR) is 98.0 cm³/mol. The molecule has 3 N–H and O–H groups in total. The van der Waals surface area contributed by atoms with Crippen molar-refractivity contribution in [2.45, 2.75) is 12.8 Å². The SMILES string of the molecule is I.NC(=NCCc1cccs1)NCCc1ccc(F)cc1. The molecule has 3 nitrogen and oxygen atoms in total. The molecule has 0 bridgehead atoms. The number of nitrogens with one attached hydrogen (secondary N) is 1. The van der Waals surface area contributed by atoms with Crippen molar-refractivity contribution in [1.82, 2.24) is 5.32 Å². The number of guanidine groups is 1. The zero-order valence-electron chi connectivity index (χ0n) is 11.6. The Morgan fingerprint density at radius 3 is 2.62 bits per heavy atom. The predicted octanol–water partition coefficient (Wildman–Crippen LogP) is 3.19. The van der Waals surface area contributed by atoms with E-state index in [0.29, 0.717) is 19.0 Å². The van der Waals surface area contributed by atoms with E-state index in [2.05, 4.69) is 21.8 Å². The number of rotatable bonds is 6. The summed E-state index contributed by atoms with van der Waals surface area (Å²) in [6, 6.07) is 10.6. The molecular formula is C15H19FIN3S. The van der Waals surface area contributed by atoms with E-state index >= 15 is 0 Å². The minimum atomic E-state index is -0.212. The van der Waals surface area contributed by atoms with E-state index in [0.717, 1.165) is 18.4 Å². The van der Waals surface area contributed by atoms with Crippen LogP contribution in [0, 0.1) is 5.82 Å². The summed E-state index contributed by atoms with van der Waals surface area (Å²) < 4.78 is 12.7. The molecule has 21 heavy (non-hydrogen) atoms. The highest BCUT2D eigenvalue weighted by Gasteiger charge is 1.96. The van der Waals surface area contributed by atoms with Gasteiger partial charge in [-0.1, -0.05) is 18.2 Å². The Bertz CT molecular complexity index is 541.